The first-order valence-corrected chi connectivity index (χ1v) is 11.4. The number of piperidine rings is 2. The number of aromatic nitrogens is 2. The third kappa shape index (κ3) is 3.45. The number of hydrogen-bond acceptors (Lipinski definition) is 7. The van der Waals surface area contributed by atoms with Crippen molar-refractivity contribution in [1.82, 2.24) is 19.8 Å². The molecule has 0 aliphatic carbocycles. The van der Waals surface area contributed by atoms with E-state index in [0.29, 0.717) is 22.9 Å². The van der Waals surface area contributed by atoms with Crippen LogP contribution in [0.1, 0.15) is 25.5 Å². The van der Waals surface area contributed by atoms with Crippen LogP contribution in [0.15, 0.2) is 47.0 Å². The van der Waals surface area contributed by atoms with E-state index in [4.69, 9.17) is 9.15 Å². The van der Waals surface area contributed by atoms with Crippen LogP contribution in [0.4, 0.5) is 0 Å². The summed E-state index contributed by atoms with van der Waals surface area (Å²) in [4.78, 5) is 25.0. The summed E-state index contributed by atoms with van der Waals surface area (Å²) in [7, 11) is 0. The van der Waals surface area contributed by atoms with Gasteiger partial charge in [-0.1, -0.05) is 11.3 Å². The maximum absolute atomic E-state index is 11.9. The smallest absolute Gasteiger partial charge is 0.281 e. The molecule has 0 spiro atoms. The number of thiazole rings is 1. The van der Waals surface area contributed by atoms with Crippen molar-refractivity contribution in [2.45, 2.75) is 38.4 Å². The SMILES string of the molecule is CC(=O)N1CC2CCC1CN2Cc1cc2cc(Oc3nc4ncccc4s3)ccc2o1. The van der Waals surface area contributed by atoms with E-state index in [-0.39, 0.29) is 5.91 Å². The van der Waals surface area contributed by atoms with Gasteiger partial charge in [0.2, 0.25) is 5.91 Å². The fourth-order valence-electron chi connectivity index (χ4n) is 4.81. The molecule has 4 aromatic rings. The lowest BCUT2D eigenvalue weighted by Crippen LogP contribution is -2.63. The van der Waals surface area contributed by atoms with E-state index in [1.807, 2.05) is 35.2 Å². The average Bonchev–Trinajstić information content (AvgIpc) is 3.36. The molecule has 3 aliphatic rings. The molecule has 2 unspecified atom stereocenters. The number of carbonyl (C=O) groups is 1. The molecule has 31 heavy (non-hydrogen) atoms. The number of nitrogens with zero attached hydrogens (tertiary/aromatic N) is 4. The lowest BCUT2D eigenvalue weighted by atomic mass is 9.90. The molecule has 7 rings (SSSR count). The first kappa shape index (κ1) is 18.8. The highest BCUT2D eigenvalue weighted by molar-refractivity contribution is 7.20. The molecule has 3 aromatic heterocycles. The molecule has 0 saturated carbocycles. The Morgan fingerprint density at radius 1 is 1.23 bits per heavy atom. The third-order valence-corrected chi connectivity index (χ3v) is 7.18. The molecular formula is C23H22N4O3S. The van der Waals surface area contributed by atoms with Gasteiger partial charge < -0.3 is 14.1 Å². The van der Waals surface area contributed by atoms with Crippen LogP contribution in [0, 0.1) is 0 Å². The number of ether oxygens (including phenoxy) is 1. The van der Waals surface area contributed by atoms with Crippen LogP contribution in [0.25, 0.3) is 21.3 Å². The fourth-order valence-corrected chi connectivity index (χ4v) is 5.60. The Hall–Kier alpha value is -2.97. The Bertz CT molecular complexity index is 1250. The number of carbonyl (C=O) groups excluding carboxylic acids is 1. The summed E-state index contributed by atoms with van der Waals surface area (Å²) in [5.41, 5.74) is 1.55. The number of fused-ring (bicyclic) bond motifs is 5. The van der Waals surface area contributed by atoms with Crippen molar-refractivity contribution in [3.05, 3.63) is 48.4 Å². The largest absolute Gasteiger partial charge is 0.460 e. The summed E-state index contributed by atoms with van der Waals surface area (Å²) >= 11 is 1.48. The molecule has 8 heteroatoms. The molecular weight excluding hydrogens is 412 g/mol. The number of benzene rings is 1. The Morgan fingerprint density at radius 2 is 2.13 bits per heavy atom. The van der Waals surface area contributed by atoms with Crippen LogP contribution in [0.2, 0.25) is 0 Å². The third-order valence-electron chi connectivity index (χ3n) is 6.30. The van der Waals surface area contributed by atoms with Crippen molar-refractivity contribution in [2.24, 2.45) is 0 Å². The summed E-state index contributed by atoms with van der Waals surface area (Å²) in [6, 6.07) is 12.6. The number of rotatable bonds is 4. The van der Waals surface area contributed by atoms with Gasteiger partial charge in [0.05, 0.1) is 11.2 Å². The molecule has 2 atom stereocenters. The van der Waals surface area contributed by atoms with E-state index in [0.717, 1.165) is 59.7 Å². The highest BCUT2D eigenvalue weighted by Crippen LogP contribution is 2.34. The van der Waals surface area contributed by atoms with Crippen LogP contribution < -0.4 is 4.74 Å². The monoisotopic (exact) mass is 434 g/mol. The van der Waals surface area contributed by atoms with E-state index in [1.165, 1.54) is 11.3 Å². The fraction of sp³-hybridized carbons (Fsp3) is 0.348. The van der Waals surface area contributed by atoms with E-state index in [9.17, 15) is 4.79 Å². The van der Waals surface area contributed by atoms with Gasteiger partial charge in [-0.3, -0.25) is 9.69 Å². The van der Waals surface area contributed by atoms with Crippen molar-refractivity contribution < 1.29 is 13.9 Å². The predicted molar refractivity (Wildman–Crippen MR) is 118 cm³/mol. The van der Waals surface area contributed by atoms with Gasteiger partial charge in [-0.25, -0.2) is 4.98 Å². The van der Waals surface area contributed by atoms with Gasteiger partial charge in [0, 0.05) is 43.7 Å². The van der Waals surface area contributed by atoms with E-state index in [2.05, 4.69) is 20.9 Å². The molecule has 3 fully saturated rings. The maximum Gasteiger partial charge on any atom is 0.281 e. The van der Waals surface area contributed by atoms with Crippen molar-refractivity contribution in [1.29, 1.82) is 0 Å². The number of amides is 1. The molecule has 3 saturated heterocycles. The summed E-state index contributed by atoms with van der Waals surface area (Å²) in [6.07, 6.45) is 3.98. The Morgan fingerprint density at radius 3 is 2.94 bits per heavy atom. The standard InChI is InChI=1S/C23H22N4O3S/c1-14(28)27-12-16-4-5-17(27)11-26(16)13-19-10-15-9-18(6-7-20(15)29-19)30-23-25-22-21(31-23)3-2-8-24-22/h2-3,6-10,16-17H,4-5,11-13H2,1H3. The summed E-state index contributed by atoms with van der Waals surface area (Å²) in [6.45, 7) is 4.19. The predicted octanol–water partition coefficient (Wildman–Crippen LogP) is 4.42. The van der Waals surface area contributed by atoms with Crippen LogP contribution in [0.5, 0.6) is 10.9 Å². The zero-order chi connectivity index (χ0) is 20.9. The first-order valence-electron chi connectivity index (χ1n) is 10.6. The second-order valence-electron chi connectivity index (χ2n) is 8.31. The Kier molecular flexibility index (Phi) is 4.43. The highest BCUT2D eigenvalue weighted by Gasteiger charge is 2.40. The summed E-state index contributed by atoms with van der Waals surface area (Å²) < 4.78 is 13.1. The van der Waals surface area contributed by atoms with Gasteiger partial charge in [0.15, 0.2) is 5.65 Å². The minimum Gasteiger partial charge on any atom is -0.460 e. The number of pyridine rings is 1. The Labute approximate surface area is 183 Å². The average molecular weight is 435 g/mol. The lowest BCUT2D eigenvalue weighted by Gasteiger charge is -2.51. The lowest BCUT2D eigenvalue weighted by molar-refractivity contribution is -0.139. The normalized spacial score (nSPS) is 21.3. The van der Waals surface area contributed by atoms with Gasteiger partial charge in [0.25, 0.3) is 5.19 Å². The minimum atomic E-state index is 0.189. The second kappa shape index (κ2) is 7.32. The summed E-state index contributed by atoms with van der Waals surface area (Å²) in [5.74, 6) is 1.86. The molecule has 0 radical (unpaired) electrons. The highest BCUT2D eigenvalue weighted by atomic mass is 32.1. The maximum atomic E-state index is 11.9. The molecule has 2 bridgehead atoms. The minimum absolute atomic E-state index is 0.189. The summed E-state index contributed by atoms with van der Waals surface area (Å²) in [5, 5.41) is 1.59. The molecule has 1 amide bonds. The van der Waals surface area contributed by atoms with Gasteiger partial charge in [-0.05, 0) is 49.2 Å². The molecule has 6 heterocycles. The topological polar surface area (TPSA) is 71.7 Å². The number of hydrogen-bond donors (Lipinski definition) is 0. The van der Waals surface area contributed by atoms with E-state index >= 15 is 0 Å². The van der Waals surface area contributed by atoms with Crippen molar-refractivity contribution in [3.8, 4) is 10.9 Å². The van der Waals surface area contributed by atoms with Crippen LogP contribution in [0.3, 0.4) is 0 Å². The van der Waals surface area contributed by atoms with Crippen molar-refractivity contribution in [2.75, 3.05) is 13.1 Å². The quantitative estimate of drug-likeness (QED) is 0.473. The second-order valence-corrected chi connectivity index (χ2v) is 9.30. The van der Waals surface area contributed by atoms with Crippen LogP contribution in [-0.4, -0.2) is 50.8 Å². The number of piperazine rings is 1. The van der Waals surface area contributed by atoms with Crippen molar-refractivity contribution >= 4 is 38.6 Å². The van der Waals surface area contributed by atoms with Crippen molar-refractivity contribution in [3.63, 3.8) is 0 Å². The molecule has 7 nitrogen and oxygen atoms in total. The van der Waals surface area contributed by atoms with Gasteiger partial charge >= 0.3 is 0 Å². The van der Waals surface area contributed by atoms with Crippen LogP contribution in [-0.2, 0) is 11.3 Å². The number of furan rings is 1. The zero-order valence-corrected chi connectivity index (χ0v) is 18.0. The molecule has 3 aliphatic heterocycles. The first-order chi connectivity index (χ1) is 15.1. The molecule has 158 valence electrons. The van der Waals surface area contributed by atoms with Gasteiger partial charge in [-0.2, -0.15) is 4.98 Å². The van der Waals surface area contributed by atoms with Gasteiger partial charge in [0.1, 0.15) is 17.1 Å². The molecule has 0 N–H and O–H groups in total. The van der Waals surface area contributed by atoms with Crippen LogP contribution >= 0.6 is 11.3 Å². The van der Waals surface area contributed by atoms with E-state index in [1.54, 1.807) is 13.1 Å². The Balaban J connectivity index is 1.19. The van der Waals surface area contributed by atoms with E-state index < -0.39 is 0 Å². The molecule has 1 aromatic carbocycles. The van der Waals surface area contributed by atoms with Gasteiger partial charge in [-0.15, -0.1) is 0 Å². The zero-order valence-electron chi connectivity index (χ0n) is 17.2.